The summed E-state index contributed by atoms with van der Waals surface area (Å²) >= 11 is 0. The molecule has 0 bridgehead atoms. The highest BCUT2D eigenvalue weighted by Crippen LogP contribution is 2.26. The van der Waals surface area contributed by atoms with Crippen molar-refractivity contribution in [2.45, 2.75) is 31.3 Å². The number of carbonyl (C=O) groups excluding carboxylic acids is 1. The molecule has 3 aromatic rings. The molecule has 0 aliphatic carbocycles. The Hall–Kier alpha value is -3.31. The summed E-state index contributed by atoms with van der Waals surface area (Å²) in [6.45, 7) is 0.749. The Bertz CT molecular complexity index is 1180. The number of para-hydroxylation sites is 1. The highest BCUT2D eigenvalue weighted by Gasteiger charge is 2.32. The maximum atomic E-state index is 13.1. The average molecular weight is 482 g/mol. The molecule has 1 heterocycles. The lowest BCUT2D eigenvalue weighted by molar-refractivity contribution is -0.274. The zero-order chi connectivity index (χ0) is 24.1. The number of ether oxygens (including phenoxy) is 1. The Balaban J connectivity index is 1.75. The fourth-order valence-electron chi connectivity index (χ4n) is 2.95. The fourth-order valence-corrected chi connectivity index (χ4v) is 4.31. The molecule has 0 fully saturated rings. The molecule has 33 heavy (non-hydrogen) atoms. The lowest BCUT2D eigenvalue weighted by Crippen LogP contribution is -2.40. The molecular formula is C22H21F3N2O5S. The van der Waals surface area contributed by atoms with Gasteiger partial charge in [-0.1, -0.05) is 35.9 Å². The van der Waals surface area contributed by atoms with Gasteiger partial charge in [0, 0.05) is 12.1 Å². The zero-order valence-corrected chi connectivity index (χ0v) is 18.3. The average Bonchev–Trinajstić information content (AvgIpc) is 3.25. The SMILES string of the molecule is Cc1ccc(S(=O)(=O)N(CC(=O)NCc2ccccc2OC(F)(F)F)Cc2ccco2)cc1. The van der Waals surface area contributed by atoms with Gasteiger partial charge in [-0.15, -0.1) is 13.2 Å². The van der Waals surface area contributed by atoms with Gasteiger partial charge >= 0.3 is 6.36 Å². The van der Waals surface area contributed by atoms with Gasteiger partial charge in [0.2, 0.25) is 15.9 Å². The van der Waals surface area contributed by atoms with Gasteiger partial charge in [0.05, 0.1) is 24.2 Å². The number of aryl methyl sites for hydroxylation is 1. The summed E-state index contributed by atoms with van der Waals surface area (Å²) in [5.41, 5.74) is 0.950. The minimum atomic E-state index is -4.89. The summed E-state index contributed by atoms with van der Waals surface area (Å²) in [5, 5.41) is 2.44. The number of rotatable bonds is 9. The maximum absolute atomic E-state index is 13.1. The summed E-state index contributed by atoms with van der Waals surface area (Å²) in [4.78, 5) is 12.6. The monoisotopic (exact) mass is 482 g/mol. The van der Waals surface area contributed by atoms with Crippen LogP contribution in [0.3, 0.4) is 0 Å². The lowest BCUT2D eigenvalue weighted by atomic mass is 10.2. The number of amides is 1. The molecule has 0 spiro atoms. The van der Waals surface area contributed by atoms with E-state index in [-0.39, 0.29) is 23.5 Å². The minimum Gasteiger partial charge on any atom is -0.468 e. The molecule has 176 valence electrons. The Morgan fingerprint density at radius 2 is 1.76 bits per heavy atom. The van der Waals surface area contributed by atoms with Crippen molar-refractivity contribution in [1.82, 2.24) is 9.62 Å². The first-order valence-corrected chi connectivity index (χ1v) is 11.2. The number of alkyl halides is 3. The van der Waals surface area contributed by atoms with Crippen LogP contribution in [-0.2, 0) is 27.9 Å². The molecule has 0 saturated heterocycles. The second kappa shape index (κ2) is 10.1. The van der Waals surface area contributed by atoms with Gasteiger partial charge in [-0.3, -0.25) is 4.79 Å². The molecule has 0 aliphatic rings. The molecule has 1 N–H and O–H groups in total. The van der Waals surface area contributed by atoms with Gasteiger partial charge < -0.3 is 14.5 Å². The predicted molar refractivity (Wildman–Crippen MR) is 112 cm³/mol. The van der Waals surface area contributed by atoms with Crippen LogP contribution in [0.2, 0.25) is 0 Å². The number of sulfonamides is 1. The first-order chi connectivity index (χ1) is 15.5. The van der Waals surface area contributed by atoms with Crippen LogP contribution < -0.4 is 10.1 Å². The molecule has 7 nitrogen and oxygen atoms in total. The number of halogens is 3. The van der Waals surface area contributed by atoms with Crippen molar-refractivity contribution in [3.05, 3.63) is 83.8 Å². The van der Waals surface area contributed by atoms with Gasteiger partial charge in [-0.2, -0.15) is 4.31 Å². The molecule has 0 unspecified atom stereocenters. The van der Waals surface area contributed by atoms with E-state index in [1.807, 2.05) is 6.92 Å². The number of benzene rings is 2. The molecular weight excluding hydrogens is 461 g/mol. The maximum Gasteiger partial charge on any atom is 0.573 e. The molecule has 2 aromatic carbocycles. The molecule has 3 rings (SSSR count). The summed E-state index contributed by atoms with van der Waals surface area (Å²) in [7, 11) is -4.07. The smallest absolute Gasteiger partial charge is 0.468 e. The Morgan fingerprint density at radius 1 is 1.06 bits per heavy atom. The van der Waals surface area contributed by atoms with E-state index in [0.717, 1.165) is 15.9 Å². The Kier molecular flexibility index (Phi) is 7.44. The first kappa shape index (κ1) is 24.3. The highest BCUT2D eigenvalue weighted by atomic mass is 32.2. The number of carbonyl (C=O) groups is 1. The summed E-state index contributed by atoms with van der Waals surface area (Å²) in [5.74, 6) is -0.841. The van der Waals surface area contributed by atoms with E-state index in [0.29, 0.717) is 5.76 Å². The van der Waals surface area contributed by atoms with E-state index in [9.17, 15) is 26.4 Å². The van der Waals surface area contributed by atoms with Crippen LogP contribution in [0.5, 0.6) is 5.75 Å². The van der Waals surface area contributed by atoms with Crippen LogP contribution in [0.25, 0.3) is 0 Å². The van der Waals surface area contributed by atoms with Crippen LogP contribution in [-0.4, -0.2) is 31.5 Å². The number of furan rings is 1. The molecule has 0 radical (unpaired) electrons. The van der Waals surface area contributed by atoms with E-state index in [4.69, 9.17) is 4.42 Å². The second-order valence-corrected chi connectivity index (χ2v) is 9.04. The van der Waals surface area contributed by atoms with Crippen LogP contribution in [0.4, 0.5) is 13.2 Å². The minimum absolute atomic E-state index is 0.00335. The lowest BCUT2D eigenvalue weighted by Gasteiger charge is -2.21. The van der Waals surface area contributed by atoms with Crippen molar-refractivity contribution in [2.75, 3.05) is 6.54 Å². The molecule has 11 heteroatoms. The standard InChI is InChI=1S/C22H21F3N2O5S/c1-16-8-10-19(11-9-16)33(29,30)27(14-18-6-4-12-31-18)15-21(28)26-13-17-5-2-3-7-20(17)32-22(23,24)25/h2-12H,13-15H2,1H3,(H,26,28). The van der Waals surface area contributed by atoms with Crippen LogP contribution in [0, 0.1) is 6.92 Å². The van der Waals surface area contributed by atoms with Crippen LogP contribution >= 0.6 is 0 Å². The van der Waals surface area contributed by atoms with E-state index in [2.05, 4.69) is 10.1 Å². The third kappa shape index (κ3) is 6.83. The van der Waals surface area contributed by atoms with Crippen molar-refractivity contribution in [1.29, 1.82) is 0 Å². The molecule has 0 atom stereocenters. The number of hydrogen-bond donors (Lipinski definition) is 1. The summed E-state index contributed by atoms with van der Waals surface area (Å²) in [6, 6.07) is 14.6. The van der Waals surface area contributed by atoms with E-state index < -0.39 is 34.6 Å². The topological polar surface area (TPSA) is 88.9 Å². The Labute approximate surface area is 188 Å². The van der Waals surface area contributed by atoms with E-state index in [1.165, 1.54) is 36.6 Å². The molecule has 1 aromatic heterocycles. The number of nitrogens with zero attached hydrogens (tertiary/aromatic N) is 1. The molecule has 1 amide bonds. The number of hydrogen-bond acceptors (Lipinski definition) is 5. The van der Waals surface area contributed by atoms with Gasteiger partial charge in [0.25, 0.3) is 0 Å². The van der Waals surface area contributed by atoms with E-state index >= 15 is 0 Å². The van der Waals surface area contributed by atoms with Crippen molar-refractivity contribution >= 4 is 15.9 Å². The zero-order valence-electron chi connectivity index (χ0n) is 17.5. The highest BCUT2D eigenvalue weighted by molar-refractivity contribution is 7.89. The van der Waals surface area contributed by atoms with Gasteiger partial charge in [-0.25, -0.2) is 8.42 Å². The third-order valence-corrected chi connectivity index (χ3v) is 6.37. The molecule has 0 aliphatic heterocycles. The second-order valence-electron chi connectivity index (χ2n) is 7.10. The van der Waals surface area contributed by atoms with Gasteiger partial charge in [-0.05, 0) is 37.3 Å². The van der Waals surface area contributed by atoms with Gasteiger partial charge in [0.1, 0.15) is 11.5 Å². The van der Waals surface area contributed by atoms with Crippen LogP contribution in [0.15, 0.2) is 76.2 Å². The predicted octanol–water partition coefficient (Wildman–Crippen LogP) is 3.99. The largest absolute Gasteiger partial charge is 0.573 e. The normalized spacial score (nSPS) is 12.0. The fraction of sp³-hybridized carbons (Fsp3) is 0.227. The first-order valence-electron chi connectivity index (χ1n) is 9.74. The summed E-state index contributed by atoms with van der Waals surface area (Å²) in [6.07, 6.45) is -3.51. The van der Waals surface area contributed by atoms with Crippen molar-refractivity contribution in [2.24, 2.45) is 0 Å². The number of nitrogens with one attached hydrogen (secondary N) is 1. The Morgan fingerprint density at radius 3 is 2.39 bits per heavy atom. The van der Waals surface area contributed by atoms with Crippen molar-refractivity contribution in [3.8, 4) is 5.75 Å². The van der Waals surface area contributed by atoms with Crippen molar-refractivity contribution < 1.29 is 35.5 Å². The van der Waals surface area contributed by atoms with Crippen molar-refractivity contribution in [3.63, 3.8) is 0 Å². The third-order valence-electron chi connectivity index (χ3n) is 4.57. The van der Waals surface area contributed by atoms with E-state index in [1.54, 1.807) is 24.3 Å². The van der Waals surface area contributed by atoms with Crippen LogP contribution in [0.1, 0.15) is 16.9 Å². The molecule has 0 saturated carbocycles. The van der Waals surface area contributed by atoms with Gasteiger partial charge in [0.15, 0.2) is 0 Å². The summed E-state index contributed by atoms with van der Waals surface area (Å²) < 4.78 is 74.2. The quantitative estimate of drug-likeness (QED) is 0.498.